The molecule has 0 saturated carbocycles. The number of nitrogens with two attached hydrogens (primary N) is 1. The molecule has 2 nitrogen and oxygen atoms in total. The lowest BCUT2D eigenvalue weighted by atomic mass is 10.0. The fraction of sp³-hybridized carbons (Fsp3) is 1.00. The summed E-state index contributed by atoms with van der Waals surface area (Å²) in [5.41, 5.74) is 5.75. The normalized spacial score (nSPS) is 11.9. The van der Waals surface area contributed by atoms with Gasteiger partial charge < -0.3 is 11.1 Å². The molecule has 2 heteroatoms. The Balaban J connectivity index is 0. The van der Waals surface area contributed by atoms with E-state index < -0.39 is 0 Å². The van der Waals surface area contributed by atoms with Crippen molar-refractivity contribution in [3.63, 3.8) is 0 Å². The van der Waals surface area contributed by atoms with E-state index in [4.69, 9.17) is 5.73 Å². The minimum atomic E-state index is 0.400. The maximum Gasteiger partial charge on any atom is 0.00104 e. The first kappa shape index (κ1) is 43.0. The van der Waals surface area contributed by atoms with Crippen LogP contribution in [0.1, 0.15) is 233 Å². The molecule has 0 aliphatic heterocycles. The van der Waals surface area contributed by atoms with Crippen molar-refractivity contribution in [1.82, 2.24) is 5.32 Å². The Hall–Kier alpha value is -0.0800. The monoisotopic (exact) mass is 581 g/mol. The molecule has 0 spiro atoms. The van der Waals surface area contributed by atoms with Crippen LogP contribution >= 0.6 is 0 Å². The molecular weight excluding hydrogens is 496 g/mol. The van der Waals surface area contributed by atoms with Crippen molar-refractivity contribution in [2.75, 3.05) is 13.1 Å². The van der Waals surface area contributed by atoms with Crippen molar-refractivity contribution in [2.45, 2.75) is 239 Å². The van der Waals surface area contributed by atoms with Gasteiger partial charge >= 0.3 is 0 Å². The summed E-state index contributed by atoms with van der Waals surface area (Å²) in [5.74, 6) is 0. The molecule has 1 unspecified atom stereocenters. The number of rotatable bonds is 34. The molecule has 250 valence electrons. The molecule has 0 rings (SSSR count). The van der Waals surface area contributed by atoms with E-state index in [-0.39, 0.29) is 0 Å². The lowest BCUT2D eigenvalue weighted by Gasteiger charge is -2.05. The van der Waals surface area contributed by atoms with Crippen LogP contribution in [0.15, 0.2) is 0 Å². The van der Waals surface area contributed by atoms with E-state index in [1.807, 2.05) is 0 Å². The minimum absolute atomic E-state index is 0.400. The van der Waals surface area contributed by atoms with Gasteiger partial charge in [-0.05, 0) is 39.3 Å². The van der Waals surface area contributed by atoms with Crippen LogP contribution in [0.25, 0.3) is 0 Å². The Morgan fingerprint density at radius 3 is 0.805 bits per heavy atom. The van der Waals surface area contributed by atoms with Crippen molar-refractivity contribution in [2.24, 2.45) is 5.73 Å². The van der Waals surface area contributed by atoms with Gasteiger partial charge in [0.15, 0.2) is 0 Å². The second kappa shape index (κ2) is 42.1. The third-order valence-corrected chi connectivity index (χ3v) is 8.68. The summed E-state index contributed by atoms with van der Waals surface area (Å²) in [6, 6.07) is 0.400. The van der Waals surface area contributed by atoms with Gasteiger partial charge in [-0.25, -0.2) is 0 Å². The summed E-state index contributed by atoms with van der Waals surface area (Å²) in [6.45, 7) is 11.5. The van der Waals surface area contributed by atoms with Gasteiger partial charge in [-0.3, -0.25) is 0 Å². The first-order valence-electron chi connectivity index (χ1n) is 19.6. The van der Waals surface area contributed by atoms with Crippen LogP contribution in [0.3, 0.4) is 0 Å². The van der Waals surface area contributed by atoms with Gasteiger partial charge in [-0.15, -0.1) is 0 Å². The summed E-state index contributed by atoms with van der Waals surface area (Å²) >= 11 is 0. The maximum atomic E-state index is 5.75. The van der Waals surface area contributed by atoms with Crippen molar-refractivity contribution in [1.29, 1.82) is 0 Å². The van der Waals surface area contributed by atoms with Crippen LogP contribution in [0, 0.1) is 0 Å². The molecule has 0 saturated heterocycles. The van der Waals surface area contributed by atoms with E-state index in [1.54, 1.807) is 0 Å². The molecule has 1 atom stereocenters. The predicted molar refractivity (Wildman–Crippen MR) is 191 cm³/mol. The Kier molecular flexibility index (Phi) is 44.2. The first-order valence-corrected chi connectivity index (χ1v) is 19.6. The highest BCUT2D eigenvalue weighted by Crippen LogP contribution is 2.14. The molecule has 0 heterocycles. The van der Waals surface area contributed by atoms with Crippen LogP contribution in [0.2, 0.25) is 0 Å². The molecule has 0 aromatic rings. The molecule has 0 aliphatic carbocycles. The van der Waals surface area contributed by atoms with E-state index in [2.05, 4.69) is 33.0 Å². The fourth-order valence-electron chi connectivity index (χ4n) is 5.73. The van der Waals surface area contributed by atoms with Gasteiger partial charge in [0.1, 0.15) is 0 Å². The standard InChI is InChI=1S/C20H43N.C19H41N/c1-3-5-7-9-11-13-15-17-19-21-20-18-16-14-12-10-8-6-4-2;1-3-4-5-6-7-8-9-10-11-12-13-14-15-16-17-18-19(2)20/h21H,3-20H2,1-2H3;19H,3-18,20H2,1-2H3. The largest absolute Gasteiger partial charge is 0.328 e. The summed E-state index contributed by atoms with van der Waals surface area (Å²) in [7, 11) is 0. The van der Waals surface area contributed by atoms with Crippen LogP contribution in [-0.4, -0.2) is 19.1 Å². The van der Waals surface area contributed by atoms with Crippen molar-refractivity contribution in [3.05, 3.63) is 0 Å². The molecule has 0 amide bonds. The first-order chi connectivity index (χ1) is 20.2. The molecule has 0 fully saturated rings. The highest BCUT2D eigenvalue weighted by atomic mass is 14.8. The highest BCUT2D eigenvalue weighted by molar-refractivity contribution is 4.55. The second-order valence-electron chi connectivity index (χ2n) is 13.4. The predicted octanol–water partition coefficient (Wildman–Crippen LogP) is 13.5. The molecule has 0 aliphatic rings. The highest BCUT2D eigenvalue weighted by Gasteiger charge is 1.96. The zero-order chi connectivity index (χ0) is 30.3. The Labute approximate surface area is 263 Å². The van der Waals surface area contributed by atoms with E-state index in [0.717, 1.165) is 0 Å². The molecule has 41 heavy (non-hydrogen) atoms. The minimum Gasteiger partial charge on any atom is -0.328 e. The Morgan fingerprint density at radius 1 is 0.341 bits per heavy atom. The maximum absolute atomic E-state index is 5.75. The van der Waals surface area contributed by atoms with E-state index in [1.165, 1.54) is 219 Å². The molecule has 0 aromatic heterocycles. The molecule has 0 bridgehead atoms. The quantitative estimate of drug-likeness (QED) is 0.0743. The van der Waals surface area contributed by atoms with Crippen LogP contribution in [-0.2, 0) is 0 Å². The average molecular weight is 581 g/mol. The summed E-state index contributed by atoms with van der Waals surface area (Å²) in [4.78, 5) is 0. The number of nitrogens with one attached hydrogen (secondary N) is 1. The van der Waals surface area contributed by atoms with E-state index >= 15 is 0 Å². The number of hydrogen-bond donors (Lipinski definition) is 2. The Morgan fingerprint density at radius 2 is 0.561 bits per heavy atom. The lowest BCUT2D eigenvalue weighted by molar-refractivity contribution is 0.522. The summed E-state index contributed by atoms with van der Waals surface area (Å²) in [5, 5.41) is 3.61. The SMILES string of the molecule is CCCCCCCCCCCCCCCCCC(C)N.CCCCCCCCCCNCCCCCCCCCC. The van der Waals surface area contributed by atoms with Crippen molar-refractivity contribution >= 4 is 0 Å². The lowest BCUT2D eigenvalue weighted by Crippen LogP contribution is -2.16. The second-order valence-corrected chi connectivity index (χ2v) is 13.4. The van der Waals surface area contributed by atoms with Crippen LogP contribution < -0.4 is 11.1 Å². The number of unbranched alkanes of at least 4 members (excludes halogenated alkanes) is 28. The molecule has 3 N–H and O–H groups in total. The van der Waals surface area contributed by atoms with Gasteiger partial charge in [0, 0.05) is 6.04 Å². The molecule has 0 radical (unpaired) electrons. The molecular formula is C39H84N2. The van der Waals surface area contributed by atoms with Gasteiger partial charge in [-0.1, -0.05) is 207 Å². The summed E-state index contributed by atoms with van der Waals surface area (Å²) in [6.07, 6.45) is 45.6. The summed E-state index contributed by atoms with van der Waals surface area (Å²) < 4.78 is 0. The van der Waals surface area contributed by atoms with Gasteiger partial charge in [0.25, 0.3) is 0 Å². The van der Waals surface area contributed by atoms with Crippen molar-refractivity contribution in [3.8, 4) is 0 Å². The fourth-order valence-corrected chi connectivity index (χ4v) is 5.73. The van der Waals surface area contributed by atoms with Crippen LogP contribution in [0.4, 0.5) is 0 Å². The van der Waals surface area contributed by atoms with Gasteiger partial charge in [0.2, 0.25) is 0 Å². The van der Waals surface area contributed by atoms with E-state index in [9.17, 15) is 0 Å². The third-order valence-electron chi connectivity index (χ3n) is 8.68. The average Bonchev–Trinajstić information content (AvgIpc) is 2.97. The van der Waals surface area contributed by atoms with E-state index in [0.29, 0.717) is 6.04 Å². The van der Waals surface area contributed by atoms with Crippen LogP contribution in [0.5, 0.6) is 0 Å². The third kappa shape index (κ3) is 47.1. The molecule has 0 aromatic carbocycles. The van der Waals surface area contributed by atoms with Crippen molar-refractivity contribution < 1.29 is 0 Å². The zero-order valence-corrected chi connectivity index (χ0v) is 29.7. The van der Waals surface area contributed by atoms with Gasteiger partial charge in [-0.2, -0.15) is 0 Å². The topological polar surface area (TPSA) is 38.0 Å². The smallest absolute Gasteiger partial charge is 0.00104 e. The Bertz CT molecular complexity index is 390. The number of hydrogen-bond acceptors (Lipinski definition) is 2. The zero-order valence-electron chi connectivity index (χ0n) is 29.7. The van der Waals surface area contributed by atoms with Gasteiger partial charge in [0.05, 0.1) is 0 Å².